The van der Waals surface area contributed by atoms with Gasteiger partial charge in [-0.3, -0.25) is 0 Å². The van der Waals surface area contributed by atoms with Gasteiger partial charge in [0, 0.05) is 12.6 Å². The van der Waals surface area contributed by atoms with Gasteiger partial charge in [-0.15, -0.1) is 0 Å². The van der Waals surface area contributed by atoms with E-state index in [1.165, 1.54) is 0 Å². The molecule has 9 heteroatoms. The summed E-state index contributed by atoms with van der Waals surface area (Å²) in [5, 5.41) is -0.284. The fraction of sp³-hybridized carbons (Fsp3) is 0.500. The van der Waals surface area contributed by atoms with Crippen molar-refractivity contribution in [2.45, 2.75) is 31.0 Å². The van der Waals surface area contributed by atoms with Crippen LogP contribution in [0.1, 0.15) is 19.4 Å². The van der Waals surface area contributed by atoms with E-state index in [-0.39, 0.29) is 17.5 Å². The summed E-state index contributed by atoms with van der Waals surface area (Å²) >= 11 is 5.69. The molecule has 1 rings (SSSR count). The number of benzene rings is 1. The Kier molecular flexibility index (Phi) is 5.65. The Morgan fingerprint density at radius 2 is 1.90 bits per heavy atom. The minimum atomic E-state index is -4.65. The van der Waals surface area contributed by atoms with E-state index in [0.29, 0.717) is 6.07 Å². The van der Waals surface area contributed by atoms with Crippen molar-refractivity contribution >= 4 is 21.6 Å². The molecule has 3 N–H and O–H groups in total. The fourth-order valence-corrected chi connectivity index (χ4v) is 3.00. The monoisotopic (exact) mass is 344 g/mol. The highest BCUT2D eigenvalue weighted by molar-refractivity contribution is 7.89. The van der Waals surface area contributed by atoms with Crippen molar-refractivity contribution in [1.82, 2.24) is 4.72 Å². The number of alkyl halides is 3. The third-order valence-corrected chi connectivity index (χ3v) is 4.82. The average molecular weight is 345 g/mol. The predicted molar refractivity (Wildman–Crippen MR) is 74.5 cm³/mol. The largest absolute Gasteiger partial charge is 0.416 e. The van der Waals surface area contributed by atoms with Gasteiger partial charge < -0.3 is 5.73 Å². The van der Waals surface area contributed by atoms with Gasteiger partial charge in [0.1, 0.15) is 4.90 Å². The summed E-state index contributed by atoms with van der Waals surface area (Å²) in [6.07, 6.45) is -4.65. The van der Waals surface area contributed by atoms with Crippen molar-refractivity contribution in [2.75, 3.05) is 6.54 Å². The number of nitrogens with two attached hydrogens (primary N) is 1. The van der Waals surface area contributed by atoms with Crippen LogP contribution in [0.4, 0.5) is 13.2 Å². The van der Waals surface area contributed by atoms with Gasteiger partial charge in [-0.1, -0.05) is 25.4 Å². The lowest BCUT2D eigenvalue weighted by Gasteiger charge is -2.17. The molecule has 0 fully saturated rings. The molecule has 0 saturated carbocycles. The first-order valence-electron chi connectivity index (χ1n) is 6.07. The van der Waals surface area contributed by atoms with E-state index in [0.717, 1.165) is 12.1 Å². The fourth-order valence-electron chi connectivity index (χ4n) is 1.41. The molecule has 1 atom stereocenters. The molecule has 4 nitrogen and oxygen atoms in total. The molecule has 0 aliphatic rings. The Morgan fingerprint density at radius 3 is 2.38 bits per heavy atom. The smallest absolute Gasteiger partial charge is 0.326 e. The minimum Gasteiger partial charge on any atom is -0.326 e. The molecule has 0 amide bonds. The highest BCUT2D eigenvalue weighted by atomic mass is 35.5. The summed E-state index contributed by atoms with van der Waals surface area (Å²) < 4.78 is 64.1. The number of hydrogen-bond acceptors (Lipinski definition) is 3. The van der Waals surface area contributed by atoms with E-state index < -0.39 is 32.7 Å². The number of rotatable bonds is 5. The topological polar surface area (TPSA) is 72.2 Å². The zero-order chi connectivity index (χ0) is 16.4. The number of halogens is 4. The van der Waals surface area contributed by atoms with Gasteiger partial charge >= 0.3 is 6.18 Å². The van der Waals surface area contributed by atoms with Crippen molar-refractivity contribution in [1.29, 1.82) is 0 Å². The van der Waals surface area contributed by atoms with Crippen LogP contribution in [-0.4, -0.2) is 21.0 Å². The first kappa shape index (κ1) is 18.2. The van der Waals surface area contributed by atoms with Gasteiger partial charge in [-0.05, 0) is 24.1 Å². The molecule has 1 aromatic rings. The molecule has 0 aliphatic carbocycles. The average Bonchev–Trinajstić information content (AvgIpc) is 2.34. The van der Waals surface area contributed by atoms with Crippen LogP contribution in [-0.2, 0) is 16.2 Å². The molecular formula is C12H16ClF3N2O2S. The number of sulfonamides is 1. The van der Waals surface area contributed by atoms with Crippen LogP contribution in [0, 0.1) is 5.92 Å². The summed E-state index contributed by atoms with van der Waals surface area (Å²) in [6, 6.07) is 1.68. The van der Waals surface area contributed by atoms with E-state index >= 15 is 0 Å². The maximum atomic E-state index is 12.6. The van der Waals surface area contributed by atoms with E-state index in [4.69, 9.17) is 17.3 Å². The molecule has 120 valence electrons. The quantitative estimate of drug-likeness (QED) is 0.862. The molecule has 0 bridgehead atoms. The summed E-state index contributed by atoms with van der Waals surface area (Å²) in [4.78, 5) is -0.616. The van der Waals surface area contributed by atoms with Crippen LogP contribution in [0.2, 0.25) is 5.02 Å². The minimum absolute atomic E-state index is 0.0182. The molecule has 0 heterocycles. The van der Waals surface area contributed by atoms with E-state index in [9.17, 15) is 21.6 Å². The Morgan fingerprint density at radius 1 is 1.33 bits per heavy atom. The summed E-state index contributed by atoms with van der Waals surface area (Å²) in [7, 11) is -4.16. The molecular weight excluding hydrogens is 329 g/mol. The molecule has 0 aliphatic heterocycles. The Labute approximate surface area is 126 Å². The van der Waals surface area contributed by atoms with E-state index in [2.05, 4.69) is 4.72 Å². The summed E-state index contributed by atoms with van der Waals surface area (Å²) in [5.41, 5.74) is 4.62. The molecule has 0 aromatic heterocycles. The van der Waals surface area contributed by atoms with Crippen molar-refractivity contribution < 1.29 is 21.6 Å². The first-order valence-corrected chi connectivity index (χ1v) is 7.93. The zero-order valence-corrected chi connectivity index (χ0v) is 13.0. The second-order valence-electron chi connectivity index (χ2n) is 4.90. The second-order valence-corrected chi connectivity index (χ2v) is 7.05. The molecule has 1 unspecified atom stereocenters. The van der Waals surface area contributed by atoms with Crippen LogP contribution in [0.25, 0.3) is 0 Å². The van der Waals surface area contributed by atoms with Crippen molar-refractivity contribution in [3.63, 3.8) is 0 Å². The highest BCUT2D eigenvalue weighted by Crippen LogP contribution is 2.33. The van der Waals surface area contributed by atoms with Crippen molar-refractivity contribution in [3.05, 3.63) is 28.8 Å². The van der Waals surface area contributed by atoms with E-state index in [1.54, 1.807) is 13.8 Å². The van der Waals surface area contributed by atoms with Crippen LogP contribution >= 0.6 is 11.6 Å². The van der Waals surface area contributed by atoms with E-state index in [1.807, 2.05) is 0 Å². The van der Waals surface area contributed by atoms with Crippen LogP contribution < -0.4 is 10.5 Å². The standard InChI is InChI=1S/C12H16ClF3N2O2S/c1-7(2)10(17)6-18-21(19,20)11-5-8(12(14,15)16)3-4-9(11)13/h3-5,7,10,18H,6,17H2,1-2H3. The normalized spacial score (nSPS) is 14.5. The summed E-state index contributed by atoms with van der Waals surface area (Å²) in [6.45, 7) is 3.51. The Hall–Kier alpha value is -0.830. The van der Waals surface area contributed by atoms with Gasteiger partial charge in [-0.2, -0.15) is 13.2 Å². The zero-order valence-electron chi connectivity index (χ0n) is 11.4. The van der Waals surface area contributed by atoms with Gasteiger partial charge in [-0.25, -0.2) is 13.1 Å². The van der Waals surface area contributed by atoms with Crippen LogP contribution in [0.5, 0.6) is 0 Å². The van der Waals surface area contributed by atoms with Gasteiger partial charge in [0.25, 0.3) is 0 Å². The van der Waals surface area contributed by atoms with Gasteiger partial charge in [0.15, 0.2) is 0 Å². The molecule has 0 radical (unpaired) electrons. The van der Waals surface area contributed by atoms with Gasteiger partial charge in [0.2, 0.25) is 10.0 Å². The predicted octanol–water partition coefficient (Wildman–Crippen LogP) is 2.62. The number of hydrogen-bond donors (Lipinski definition) is 2. The summed E-state index contributed by atoms with van der Waals surface area (Å²) in [5.74, 6) is 0.0182. The first-order chi connectivity index (χ1) is 9.45. The van der Waals surface area contributed by atoms with Crippen LogP contribution in [0.3, 0.4) is 0 Å². The highest BCUT2D eigenvalue weighted by Gasteiger charge is 2.32. The molecule has 21 heavy (non-hydrogen) atoms. The molecule has 0 spiro atoms. The Balaban J connectivity index is 3.08. The molecule has 0 saturated heterocycles. The third-order valence-electron chi connectivity index (χ3n) is 2.91. The molecule has 1 aromatic carbocycles. The SMILES string of the molecule is CC(C)C(N)CNS(=O)(=O)c1cc(C(F)(F)F)ccc1Cl. The maximum Gasteiger partial charge on any atom is 0.416 e. The van der Waals surface area contributed by atoms with Gasteiger partial charge in [0.05, 0.1) is 10.6 Å². The third kappa shape index (κ3) is 4.84. The number of nitrogens with one attached hydrogen (secondary N) is 1. The van der Waals surface area contributed by atoms with Crippen LogP contribution in [0.15, 0.2) is 23.1 Å². The lowest BCUT2D eigenvalue weighted by molar-refractivity contribution is -0.137. The lowest BCUT2D eigenvalue weighted by Crippen LogP contribution is -2.40. The second kappa shape index (κ2) is 6.51. The lowest BCUT2D eigenvalue weighted by atomic mass is 10.1. The van der Waals surface area contributed by atoms with Crippen molar-refractivity contribution in [2.24, 2.45) is 11.7 Å². The maximum absolute atomic E-state index is 12.6. The van der Waals surface area contributed by atoms with Crippen molar-refractivity contribution in [3.8, 4) is 0 Å². The Bertz CT molecular complexity index is 603.